The Kier molecular flexibility index (Phi) is 3.76. The van der Waals surface area contributed by atoms with Gasteiger partial charge in [0.1, 0.15) is 11.6 Å². The van der Waals surface area contributed by atoms with Crippen LogP contribution < -0.4 is 10.5 Å². The van der Waals surface area contributed by atoms with Crippen molar-refractivity contribution >= 4 is 0 Å². The van der Waals surface area contributed by atoms with Crippen LogP contribution in [0.3, 0.4) is 0 Å². The average molecular weight is 267 g/mol. The lowest BCUT2D eigenvalue weighted by Gasteiger charge is -2.14. The monoisotopic (exact) mass is 267 g/mol. The molecule has 19 heavy (non-hydrogen) atoms. The molecule has 100 valence electrons. The van der Waals surface area contributed by atoms with Crippen molar-refractivity contribution in [2.45, 2.75) is 13.0 Å². The molecule has 0 bridgehead atoms. The zero-order valence-electron chi connectivity index (χ0n) is 10.2. The van der Waals surface area contributed by atoms with Crippen LogP contribution in [0.2, 0.25) is 0 Å². The van der Waals surface area contributed by atoms with E-state index in [0.29, 0.717) is 5.56 Å². The smallest absolute Gasteiger partial charge is 0.201 e. The van der Waals surface area contributed by atoms with Crippen LogP contribution in [0.25, 0.3) is 0 Å². The summed E-state index contributed by atoms with van der Waals surface area (Å²) in [6.45, 7) is 1.64. The first-order chi connectivity index (χ1) is 8.99. The Labute approximate surface area is 108 Å². The Hall–Kier alpha value is -2.01. The Morgan fingerprint density at radius 1 is 1.05 bits per heavy atom. The number of hydrogen-bond acceptors (Lipinski definition) is 2. The van der Waals surface area contributed by atoms with E-state index in [0.717, 1.165) is 6.07 Å². The maximum absolute atomic E-state index is 13.5. The summed E-state index contributed by atoms with van der Waals surface area (Å²) >= 11 is 0. The fraction of sp³-hybridized carbons (Fsp3) is 0.143. The number of benzene rings is 2. The van der Waals surface area contributed by atoms with Crippen LogP contribution in [-0.4, -0.2) is 0 Å². The molecule has 0 aromatic heterocycles. The summed E-state index contributed by atoms with van der Waals surface area (Å²) in [5.41, 5.74) is 6.07. The molecule has 0 aliphatic carbocycles. The Morgan fingerprint density at radius 2 is 1.79 bits per heavy atom. The normalized spacial score (nSPS) is 12.3. The van der Waals surface area contributed by atoms with Crippen molar-refractivity contribution < 1.29 is 17.9 Å². The maximum Gasteiger partial charge on any atom is 0.201 e. The van der Waals surface area contributed by atoms with Crippen molar-refractivity contribution in [2.75, 3.05) is 0 Å². The lowest BCUT2D eigenvalue weighted by molar-refractivity contribution is 0.410. The zero-order chi connectivity index (χ0) is 14.0. The highest BCUT2D eigenvalue weighted by atomic mass is 19.2. The summed E-state index contributed by atoms with van der Waals surface area (Å²) in [5, 5.41) is 0. The number of halogens is 3. The lowest BCUT2D eigenvalue weighted by atomic mass is 10.1. The molecule has 0 unspecified atom stereocenters. The Morgan fingerprint density at radius 3 is 2.47 bits per heavy atom. The molecule has 2 aromatic carbocycles. The fourth-order valence-corrected chi connectivity index (χ4v) is 1.65. The van der Waals surface area contributed by atoms with Crippen LogP contribution >= 0.6 is 0 Å². The summed E-state index contributed by atoms with van der Waals surface area (Å²) < 4.78 is 45.0. The molecule has 0 spiro atoms. The van der Waals surface area contributed by atoms with Gasteiger partial charge in [0.25, 0.3) is 0 Å². The van der Waals surface area contributed by atoms with Gasteiger partial charge in [-0.05, 0) is 37.3 Å². The summed E-state index contributed by atoms with van der Waals surface area (Å²) in [5.74, 6) is -2.65. The van der Waals surface area contributed by atoms with Gasteiger partial charge in [-0.2, -0.15) is 4.39 Å². The zero-order valence-corrected chi connectivity index (χ0v) is 10.2. The third-order valence-electron chi connectivity index (χ3n) is 2.60. The van der Waals surface area contributed by atoms with E-state index >= 15 is 0 Å². The predicted molar refractivity (Wildman–Crippen MR) is 65.4 cm³/mol. The molecular weight excluding hydrogens is 255 g/mol. The molecule has 0 fully saturated rings. The second-order valence-electron chi connectivity index (χ2n) is 4.12. The summed E-state index contributed by atoms with van der Waals surface area (Å²) in [6, 6.07) is 6.80. The Balaban J connectivity index is 2.41. The van der Waals surface area contributed by atoms with E-state index < -0.39 is 23.5 Å². The molecule has 0 aliphatic heterocycles. The van der Waals surface area contributed by atoms with E-state index in [1.54, 1.807) is 6.92 Å². The highest BCUT2D eigenvalue weighted by molar-refractivity contribution is 5.40. The van der Waals surface area contributed by atoms with Crippen molar-refractivity contribution in [3.05, 3.63) is 59.4 Å². The van der Waals surface area contributed by atoms with E-state index in [1.165, 1.54) is 30.3 Å². The molecule has 1 atom stereocenters. The number of rotatable bonds is 3. The van der Waals surface area contributed by atoms with Gasteiger partial charge in [-0.3, -0.25) is 0 Å². The van der Waals surface area contributed by atoms with E-state index in [-0.39, 0.29) is 11.5 Å². The molecule has 2 aromatic rings. The molecule has 5 heteroatoms. The SMILES string of the molecule is C[C@@H](N)c1cc(F)ccc1Oc1cccc(F)c1F. The maximum atomic E-state index is 13.5. The topological polar surface area (TPSA) is 35.2 Å². The van der Waals surface area contributed by atoms with E-state index in [4.69, 9.17) is 10.5 Å². The molecule has 0 heterocycles. The second-order valence-corrected chi connectivity index (χ2v) is 4.12. The van der Waals surface area contributed by atoms with Gasteiger partial charge < -0.3 is 10.5 Å². The molecule has 0 amide bonds. The minimum atomic E-state index is -1.09. The molecule has 2 nitrogen and oxygen atoms in total. The first-order valence-electron chi connectivity index (χ1n) is 5.66. The number of nitrogens with two attached hydrogens (primary N) is 1. The molecule has 2 N–H and O–H groups in total. The van der Waals surface area contributed by atoms with E-state index in [2.05, 4.69) is 0 Å². The highest BCUT2D eigenvalue weighted by Crippen LogP contribution is 2.31. The van der Waals surface area contributed by atoms with Crippen molar-refractivity contribution in [1.82, 2.24) is 0 Å². The highest BCUT2D eigenvalue weighted by Gasteiger charge is 2.14. The Bertz CT molecular complexity index is 599. The van der Waals surface area contributed by atoms with Crippen molar-refractivity contribution in [3.63, 3.8) is 0 Å². The van der Waals surface area contributed by atoms with Gasteiger partial charge in [0.15, 0.2) is 11.6 Å². The summed E-state index contributed by atoms with van der Waals surface area (Å²) in [6.07, 6.45) is 0. The average Bonchev–Trinajstić information content (AvgIpc) is 2.36. The van der Waals surface area contributed by atoms with E-state index in [1.807, 2.05) is 0 Å². The van der Waals surface area contributed by atoms with Crippen molar-refractivity contribution in [3.8, 4) is 11.5 Å². The third kappa shape index (κ3) is 2.88. The predicted octanol–water partition coefficient (Wildman–Crippen LogP) is 3.92. The molecule has 2 rings (SSSR count). The molecule has 0 saturated heterocycles. The molecule has 0 radical (unpaired) electrons. The van der Waals surface area contributed by atoms with Gasteiger partial charge >= 0.3 is 0 Å². The standard InChI is InChI=1S/C14H12F3NO/c1-8(18)10-7-9(15)5-6-12(10)19-13-4-2-3-11(16)14(13)17/h2-8H,18H2,1H3/t8-/m1/s1. The first kappa shape index (κ1) is 13.4. The van der Waals surface area contributed by atoms with Gasteiger partial charge in [0, 0.05) is 11.6 Å². The number of hydrogen-bond donors (Lipinski definition) is 1. The third-order valence-corrected chi connectivity index (χ3v) is 2.60. The molecule has 0 saturated carbocycles. The largest absolute Gasteiger partial charge is 0.454 e. The quantitative estimate of drug-likeness (QED) is 0.914. The van der Waals surface area contributed by atoms with Crippen LogP contribution in [-0.2, 0) is 0 Å². The summed E-state index contributed by atoms with van der Waals surface area (Å²) in [4.78, 5) is 0. The van der Waals surface area contributed by atoms with Crippen molar-refractivity contribution in [1.29, 1.82) is 0 Å². The minimum Gasteiger partial charge on any atom is -0.454 e. The van der Waals surface area contributed by atoms with Crippen LogP contribution in [0.5, 0.6) is 11.5 Å². The van der Waals surface area contributed by atoms with Crippen LogP contribution in [0.1, 0.15) is 18.5 Å². The van der Waals surface area contributed by atoms with Crippen LogP contribution in [0, 0.1) is 17.5 Å². The lowest BCUT2D eigenvalue weighted by Crippen LogP contribution is -2.07. The van der Waals surface area contributed by atoms with Crippen molar-refractivity contribution in [2.24, 2.45) is 5.73 Å². The van der Waals surface area contributed by atoms with Crippen LogP contribution in [0.4, 0.5) is 13.2 Å². The number of ether oxygens (including phenoxy) is 1. The minimum absolute atomic E-state index is 0.195. The van der Waals surface area contributed by atoms with Gasteiger partial charge in [-0.15, -0.1) is 0 Å². The molecule has 0 aliphatic rings. The van der Waals surface area contributed by atoms with Crippen LogP contribution in [0.15, 0.2) is 36.4 Å². The first-order valence-corrected chi connectivity index (χ1v) is 5.66. The van der Waals surface area contributed by atoms with Gasteiger partial charge in [0.2, 0.25) is 5.82 Å². The van der Waals surface area contributed by atoms with E-state index in [9.17, 15) is 13.2 Å². The summed E-state index contributed by atoms with van der Waals surface area (Å²) in [7, 11) is 0. The molecular formula is C14H12F3NO. The van der Waals surface area contributed by atoms with Gasteiger partial charge in [-0.1, -0.05) is 6.07 Å². The second kappa shape index (κ2) is 5.32. The van der Waals surface area contributed by atoms with Gasteiger partial charge in [0.05, 0.1) is 0 Å². The fourth-order valence-electron chi connectivity index (χ4n) is 1.65. The van der Waals surface area contributed by atoms with Gasteiger partial charge in [-0.25, -0.2) is 8.78 Å².